The van der Waals surface area contributed by atoms with Crippen LogP contribution in [-0.4, -0.2) is 13.2 Å². The van der Waals surface area contributed by atoms with Gasteiger partial charge in [-0.2, -0.15) is 0 Å². The highest BCUT2D eigenvalue weighted by Gasteiger charge is 2.31. The predicted molar refractivity (Wildman–Crippen MR) is 139 cm³/mol. The van der Waals surface area contributed by atoms with Gasteiger partial charge in [-0.15, -0.1) is 0 Å². The molecule has 0 amide bonds. The van der Waals surface area contributed by atoms with E-state index in [2.05, 4.69) is 55.4 Å². The minimum Gasteiger partial charge on any atom is -0.496 e. The molecule has 1 aliphatic heterocycles. The lowest BCUT2D eigenvalue weighted by Crippen LogP contribution is -2.31. The summed E-state index contributed by atoms with van der Waals surface area (Å²) < 4.78 is 12.2. The number of methoxy groups -OCH3 is 1. The Bertz CT molecular complexity index is 706. The van der Waals surface area contributed by atoms with Crippen molar-refractivity contribution in [3.8, 4) is 11.5 Å². The third-order valence-corrected chi connectivity index (χ3v) is 8.09. The lowest BCUT2D eigenvalue weighted by molar-refractivity contribution is 0.119. The average Bonchev–Trinajstić information content (AvgIpc) is 2.73. The molecule has 1 aliphatic rings. The van der Waals surface area contributed by atoms with Gasteiger partial charge in [0.15, 0.2) is 0 Å². The predicted octanol–water partition coefficient (Wildman–Crippen LogP) is 9.00. The Hall–Kier alpha value is -1.18. The molecule has 0 aromatic heterocycles. The van der Waals surface area contributed by atoms with Gasteiger partial charge in [0, 0.05) is 5.56 Å². The first-order valence-corrected chi connectivity index (χ1v) is 13.5. The van der Waals surface area contributed by atoms with Crippen molar-refractivity contribution in [3.63, 3.8) is 0 Å². The molecule has 0 N–H and O–H groups in total. The fourth-order valence-electron chi connectivity index (χ4n) is 5.62. The summed E-state index contributed by atoms with van der Waals surface area (Å²) in [7, 11) is 1.79. The van der Waals surface area contributed by atoms with E-state index in [-0.39, 0.29) is 0 Å². The molecule has 0 spiro atoms. The number of fused-ring (bicyclic) bond motifs is 1. The van der Waals surface area contributed by atoms with Crippen LogP contribution < -0.4 is 9.47 Å². The summed E-state index contributed by atoms with van der Waals surface area (Å²) in [5, 5.41) is 0. The van der Waals surface area contributed by atoms with E-state index in [1.54, 1.807) is 7.11 Å². The summed E-state index contributed by atoms with van der Waals surface area (Å²) in [6.45, 7) is 18.4. The Kier molecular flexibility index (Phi) is 10.9. The van der Waals surface area contributed by atoms with Gasteiger partial charge in [0.2, 0.25) is 0 Å². The number of benzene rings is 1. The third-order valence-electron chi connectivity index (χ3n) is 8.09. The largest absolute Gasteiger partial charge is 0.496 e. The minimum atomic E-state index is 0.301. The lowest BCUT2D eigenvalue weighted by Gasteiger charge is -2.35. The highest BCUT2D eigenvalue weighted by atomic mass is 16.5. The molecule has 0 bridgehead atoms. The monoisotopic (exact) mass is 444 g/mol. The zero-order valence-corrected chi connectivity index (χ0v) is 22.8. The molecule has 1 aromatic rings. The van der Waals surface area contributed by atoms with Crippen molar-refractivity contribution in [1.82, 2.24) is 0 Å². The van der Waals surface area contributed by atoms with Crippen molar-refractivity contribution in [1.29, 1.82) is 0 Å². The molecule has 1 unspecified atom stereocenters. The van der Waals surface area contributed by atoms with E-state index in [9.17, 15) is 0 Å². The molecule has 4 atom stereocenters. The number of hydrogen-bond donors (Lipinski definition) is 0. The molecule has 32 heavy (non-hydrogen) atoms. The summed E-state index contributed by atoms with van der Waals surface area (Å²) in [5.41, 5.74) is 5.13. The van der Waals surface area contributed by atoms with E-state index in [0.717, 1.165) is 35.7 Å². The van der Waals surface area contributed by atoms with Crippen molar-refractivity contribution in [2.24, 2.45) is 23.7 Å². The standard InChI is InChI=1S/C30H52O2/c1-20(2)13-10-14-21(3)15-11-16-22(4)17-12-18-27-19-28-25(7)29(31-9)23(5)24(6)30(28)32-26(27)8/h20-22,26-27H,10-19H2,1-9H3/t21-,22-,26?,27-/m1/s1. The zero-order valence-electron chi connectivity index (χ0n) is 22.8. The SMILES string of the molecule is COc1c(C)c(C)c2c(c1C)C[C@@H](CCC[C@H](C)CCC[C@H](C)CCCC(C)C)C(C)O2. The van der Waals surface area contributed by atoms with Crippen LogP contribution in [0.5, 0.6) is 11.5 Å². The van der Waals surface area contributed by atoms with Gasteiger partial charge in [-0.3, -0.25) is 0 Å². The normalized spacial score (nSPS) is 20.1. The maximum atomic E-state index is 6.48. The summed E-state index contributed by atoms with van der Waals surface area (Å²) in [6, 6.07) is 0. The highest BCUT2D eigenvalue weighted by molar-refractivity contribution is 5.58. The van der Waals surface area contributed by atoms with Crippen LogP contribution in [0.3, 0.4) is 0 Å². The molecule has 2 nitrogen and oxygen atoms in total. The van der Waals surface area contributed by atoms with Crippen LogP contribution in [0.4, 0.5) is 0 Å². The van der Waals surface area contributed by atoms with E-state index in [4.69, 9.17) is 9.47 Å². The minimum absolute atomic E-state index is 0.301. The van der Waals surface area contributed by atoms with Gasteiger partial charge in [0.05, 0.1) is 13.2 Å². The van der Waals surface area contributed by atoms with Crippen LogP contribution in [0.1, 0.15) is 115 Å². The van der Waals surface area contributed by atoms with Gasteiger partial charge in [-0.1, -0.05) is 79.1 Å². The van der Waals surface area contributed by atoms with E-state index < -0.39 is 0 Å². The first kappa shape index (κ1) is 27.1. The van der Waals surface area contributed by atoms with Gasteiger partial charge in [0.25, 0.3) is 0 Å². The Labute approximate surface area is 199 Å². The molecular formula is C30H52O2. The van der Waals surface area contributed by atoms with Gasteiger partial charge < -0.3 is 9.47 Å². The smallest absolute Gasteiger partial charge is 0.126 e. The molecule has 2 rings (SSSR count). The second-order valence-corrected chi connectivity index (χ2v) is 11.4. The van der Waals surface area contributed by atoms with Crippen LogP contribution in [0.25, 0.3) is 0 Å². The molecule has 2 heteroatoms. The highest BCUT2D eigenvalue weighted by Crippen LogP contribution is 2.43. The topological polar surface area (TPSA) is 18.5 Å². The Morgan fingerprint density at radius 1 is 0.812 bits per heavy atom. The van der Waals surface area contributed by atoms with Crippen molar-refractivity contribution in [2.75, 3.05) is 7.11 Å². The van der Waals surface area contributed by atoms with Crippen LogP contribution in [0.15, 0.2) is 0 Å². The Balaban J connectivity index is 1.76. The fraction of sp³-hybridized carbons (Fsp3) is 0.800. The number of ether oxygens (including phenoxy) is 2. The summed E-state index contributed by atoms with van der Waals surface area (Å²) >= 11 is 0. The average molecular weight is 445 g/mol. The molecule has 1 aromatic carbocycles. The first-order valence-electron chi connectivity index (χ1n) is 13.5. The van der Waals surface area contributed by atoms with Gasteiger partial charge in [-0.05, 0) is 80.9 Å². The van der Waals surface area contributed by atoms with E-state index in [0.29, 0.717) is 12.0 Å². The zero-order chi connectivity index (χ0) is 23.8. The van der Waals surface area contributed by atoms with E-state index >= 15 is 0 Å². The second kappa shape index (κ2) is 12.9. The first-order chi connectivity index (χ1) is 15.1. The molecule has 1 heterocycles. The van der Waals surface area contributed by atoms with Gasteiger partial charge in [-0.25, -0.2) is 0 Å². The Morgan fingerprint density at radius 2 is 1.38 bits per heavy atom. The summed E-state index contributed by atoms with van der Waals surface area (Å²) in [4.78, 5) is 0. The van der Waals surface area contributed by atoms with Crippen molar-refractivity contribution in [2.45, 2.75) is 126 Å². The van der Waals surface area contributed by atoms with Crippen LogP contribution in [0, 0.1) is 44.4 Å². The van der Waals surface area contributed by atoms with Crippen molar-refractivity contribution in [3.05, 3.63) is 22.3 Å². The molecule has 0 saturated carbocycles. The maximum absolute atomic E-state index is 6.48. The quantitative estimate of drug-likeness (QED) is 0.302. The maximum Gasteiger partial charge on any atom is 0.126 e. The fourth-order valence-corrected chi connectivity index (χ4v) is 5.62. The van der Waals surface area contributed by atoms with Crippen molar-refractivity contribution >= 4 is 0 Å². The second-order valence-electron chi connectivity index (χ2n) is 11.4. The van der Waals surface area contributed by atoms with Crippen LogP contribution in [-0.2, 0) is 6.42 Å². The molecule has 0 fully saturated rings. The van der Waals surface area contributed by atoms with Crippen LogP contribution >= 0.6 is 0 Å². The number of hydrogen-bond acceptors (Lipinski definition) is 2. The van der Waals surface area contributed by atoms with Gasteiger partial charge >= 0.3 is 0 Å². The third kappa shape index (κ3) is 7.42. The molecule has 0 aliphatic carbocycles. The summed E-state index contributed by atoms with van der Waals surface area (Å²) in [5.74, 6) is 5.38. The molecular weight excluding hydrogens is 392 g/mol. The van der Waals surface area contributed by atoms with Crippen molar-refractivity contribution < 1.29 is 9.47 Å². The number of rotatable bonds is 13. The van der Waals surface area contributed by atoms with Crippen LogP contribution in [0.2, 0.25) is 0 Å². The molecule has 0 radical (unpaired) electrons. The molecule has 184 valence electrons. The van der Waals surface area contributed by atoms with E-state index in [1.165, 1.54) is 80.0 Å². The molecule has 0 saturated heterocycles. The van der Waals surface area contributed by atoms with E-state index in [1.807, 2.05) is 0 Å². The Morgan fingerprint density at radius 3 is 1.94 bits per heavy atom. The van der Waals surface area contributed by atoms with Gasteiger partial charge in [0.1, 0.15) is 11.5 Å². The lowest BCUT2D eigenvalue weighted by atomic mass is 9.82. The summed E-state index contributed by atoms with van der Waals surface area (Å²) in [6.07, 6.45) is 13.8.